The highest BCUT2D eigenvalue weighted by Gasteiger charge is 2.12. The standard InChI is InChI=1S/C7H5NOS2/c9-7-6-5(1-3-10-6)2-4-11-8-7/h1-4H,(H,8,9). The van der Waals surface area contributed by atoms with E-state index in [1.165, 1.54) is 23.3 Å². The molecule has 0 saturated heterocycles. The molecule has 0 spiro atoms. The summed E-state index contributed by atoms with van der Waals surface area (Å²) < 4.78 is 2.69. The maximum absolute atomic E-state index is 11.2. The molecule has 4 heteroatoms. The van der Waals surface area contributed by atoms with Crippen molar-refractivity contribution >= 4 is 35.3 Å². The van der Waals surface area contributed by atoms with E-state index in [9.17, 15) is 4.79 Å². The minimum Gasteiger partial charge on any atom is -0.292 e. The lowest BCUT2D eigenvalue weighted by Crippen LogP contribution is -2.12. The molecule has 2 rings (SSSR count). The summed E-state index contributed by atoms with van der Waals surface area (Å²) in [4.78, 5) is 12.0. The van der Waals surface area contributed by atoms with Gasteiger partial charge in [-0.1, -0.05) is 0 Å². The zero-order chi connectivity index (χ0) is 7.68. The molecule has 0 bridgehead atoms. The normalized spacial score (nSPS) is 15.5. The maximum atomic E-state index is 11.2. The summed E-state index contributed by atoms with van der Waals surface area (Å²) in [5.74, 6) is 0.00463. The second kappa shape index (κ2) is 2.71. The molecular weight excluding hydrogens is 178 g/mol. The molecule has 1 aromatic rings. The lowest BCUT2D eigenvalue weighted by molar-refractivity contribution is 0.0988. The highest BCUT2D eigenvalue weighted by atomic mass is 32.2. The van der Waals surface area contributed by atoms with Gasteiger partial charge in [-0.3, -0.25) is 9.52 Å². The Labute approximate surface area is 72.4 Å². The molecule has 0 aliphatic carbocycles. The van der Waals surface area contributed by atoms with Gasteiger partial charge in [0.2, 0.25) is 0 Å². The monoisotopic (exact) mass is 183 g/mol. The molecule has 0 fully saturated rings. The van der Waals surface area contributed by atoms with E-state index in [2.05, 4.69) is 4.72 Å². The zero-order valence-electron chi connectivity index (χ0n) is 5.53. The first-order valence-corrected chi connectivity index (χ1v) is 4.84. The van der Waals surface area contributed by atoms with Crippen LogP contribution in [0.4, 0.5) is 0 Å². The van der Waals surface area contributed by atoms with Crippen molar-refractivity contribution in [2.75, 3.05) is 0 Å². The Morgan fingerprint density at radius 2 is 2.36 bits per heavy atom. The van der Waals surface area contributed by atoms with Gasteiger partial charge in [0.25, 0.3) is 5.91 Å². The molecule has 1 aliphatic rings. The molecule has 0 aromatic carbocycles. The number of carbonyl (C=O) groups excluding carboxylic acids is 1. The van der Waals surface area contributed by atoms with E-state index < -0.39 is 0 Å². The van der Waals surface area contributed by atoms with E-state index >= 15 is 0 Å². The van der Waals surface area contributed by atoms with Crippen LogP contribution >= 0.6 is 23.3 Å². The van der Waals surface area contributed by atoms with Gasteiger partial charge in [-0.25, -0.2) is 0 Å². The Morgan fingerprint density at radius 1 is 1.45 bits per heavy atom. The van der Waals surface area contributed by atoms with E-state index in [0.717, 1.165) is 10.4 Å². The Morgan fingerprint density at radius 3 is 3.27 bits per heavy atom. The fraction of sp³-hybridized carbons (Fsp3) is 0. The van der Waals surface area contributed by atoms with E-state index in [0.29, 0.717) is 0 Å². The summed E-state index contributed by atoms with van der Waals surface area (Å²) in [6.45, 7) is 0. The average Bonchev–Trinajstić information content (AvgIpc) is 2.40. The topological polar surface area (TPSA) is 29.1 Å². The van der Waals surface area contributed by atoms with Gasteiger partial charge in [-0.15, -0.1) is 11.3 Å². The van der Waals surface area contributed by atoms with Crippen molar-refractivity contribution < 1.29 is 4.79 Å². The van der Waals surface area contributed by atoms with Gasteiger partial charge >= 0.3 is 0 Å². The highest BCUT2D eigenvalue weighted by Crippen LogP contribution is 2.22. The summed E-state index contributed by atoms with van der Waals surface area (Å²) in [5, 5.41) is 3.79. The molecule has 2 nitrogen and oxygen atoms in total. The van der Waals surface area contributed by atoms with Crippen LogP contribution in [-0.2, 0) is 0 Å². The SMILES string of the molecule is O=C1NSC=Cc2ccsc21. The Balaban J connectivity index is 2.53. The van der Waals surface area contributed by atoms with Gasteiger partial charge < -0.3 is 0 Å². The van der Waals surface area contributed by atoms with Crippen molar-refractivity contribution in [3.8, 4) is 0 Å². The maximum Gasteiger partial charge on any atom is 0.272 e. The third kappa shape index (κ3) is 1.19. The summed E-state index contributed by atoms with van der Waals surface area (Å²) in [6, 6.07) is 1.95. The van der Waals surface area contributed by atoms with Crippen LogP contribution in [0.25, 0.3) is 6.08 Å². The third-order valence-electron chi connectivity index (χ3n) is 1.37. The van der Waals surface area contributed by atoms with Crippen molar-refractivity contribution in [3.63, 3.8) is 0 Å². The first-order valence-electron chi connectivity index (χ1n) is 3.08. The number of rotatable bonds is 0. The van der Waals surface area contributed by atoms with Crippen LogP contribution in [0.15, 0.2) is 16.9 Å². The second-order valence-corrected chi connectivity index (χ2v) is 3.68. The predicted octanol–water partition coefficient (Wildman–Crippen LogP) is 2.11. The number of hydrogen-bond acceptors (Lipinski definition) is 3. The number of amides is 1. The van der Waals surface area contributed by atoms with Crippen LogP contribution < -0.4 is 4.72 Å². The lowest BCUT2D eigenvalue weighted by Gasteiger charge is -1.94. The molecule has 0 unspecified atom stereocenters. The summed E-state index contributed by atoms with van der Waals surface area (Å²) in [5.41, 5.74) is 1.01. The molecule has 1 aliphatic heterocycles. The van der Waals surface area contributed by atoms with Gasteiger partial charge in [-0.2, -0.15) is 0 Å². The molecule has 1 amide bonds. The van der Waals surface area contributed by atoms with Crippen LogP contribution in [0.3, 0.4) is 0 Å². The highest BCUT2D eigenvalue weighted by molar-refractivity contribution is 8.01. The quantitative estimate of drug-likeness (QED) is 0.624. The molecule has 1 aromatic heterocycles. The van der Waals surface area contributed by atoms with Crippen molar-refractivity contribution in [1.82, 2.24) is 4.72 Å². The van der Waals surface area contributed by atoms with Gasteiger partial charge in [0.15, 0.2) is 0 Å². The van der Waals surface area contributed by atoms with Gasteiger partial charge in [0.1, 0.15) is 0 Å². The van der Waals surface area contributed by atoms with E-state index in [1.807, 2.05) is 22.9 Å². The fourth-order valence-electron chi connectivity index (χ4n) is 0.876. The number of nitrogens with one attached hydrogen (secondary N) is 1. The first kappa shape index (κ1) is 6.94. The molecule has 2 heterocycles. The first-order chi connectivity index (χ1) is 5.38. The molecule has 0 atom stereocenters. The van der Waals surface area contributed by atoms with E-state index in [1.54, 1.807) is 0 Å². The van der Waals surface area contributed by atoms with Gasteiger partial charge in [0.05, 0.1) is 4.88 Å². The fourth-order valence-corrected chi connectivity index (χ4v) is 2.21. The van der Waals surface area contributed by atoms with Crippen LogP contribution in [0.2, 0.25) is 0 Å². The van der Waals surface area contributed by atoms with Crippen LogP contribution in [0.5, 0.6) is 0 Å². The summed E-state index contributed by atoms with van der Waals surface area (Å²) in [6.07, 6.45) is 1.94. The minimum absolute atomic E-state index is 0.00463. The number of fused-ring (bicyclic) bond motifs is 1. The van der Waals surface area contributed by atoms with Gasteiger partial charge in [-0.05, 0) is 40.4 Å². The molecule has 1 N–H and O–H groups in total. The minimum atomic E-state index is 0.00463. The zero-order valence-corrected chi connectivity index (χ0v) is 7.17. The van der Waals surface area contributed by atoms with Gasteiger partial charge in [0, 0.05) is 0 Å². The van der Waals surface area contributed by atoms with Crippen LogP contribution in [0, 0.1) is 0 Å². The smallest absolute Gasteiger partial charge is 0.272 e. The lowest BCUT2D eigenvalue weighted by atomic mass is 10.2. The van der Waals surface area contributed by atoms with Crippen molar-refractivity contribution in [2.24, 2.45) is 0 Å². The van der Waals surface area contributed by atoms with E-state index in [-0.39, 0.29) is 5.91 Å². The summed E-state index contributed by atoms with van der Waals surface area (Å²) in [7, 11) is 0. The number of carbonyl (C=O) groups is 1. The number of thiophene rings is 1. The predicted molar refractivity (Wildman–Crippen MR) is 48.4 cm³/mol. The van der Waals surface area contributed by atoms with Crippen LogP contribution in [-0.4, -0.2) is 5.91 Å². The molecule has 0 saturated carbocycles. The Bertz CT molecular complexity index is 316. The third-order valence-corrected chi connectivity index (χ3v) is 2.87. The van der Waals surface area contributed by atoms with Crippen molar-refractivity contribution in [2.45, 2.75) is 0 Å². The molecule has 56 valence electrons. The van der Waals surface area contributed by atoms with E-state index in [4.69, 9.17) is 0 Å². The number of hydrogen-bond donors (Lipinski definition) is 1. The molecule has 0 radical (unpaired) electrons. The molecular formula is C7H5NOS2. The Hall–Kier alpha value is -0.740. The van der Waals surface area contributed by atoms with Crippen LogP contribution in [0.1, 0.15) is 15.2 Å². The van der Waals surface area contributed by atoms with Crippen molar-refractivity contribution in [1.29, 1.82) is 0 Å². The average molecular weight is 183 g/mol. The summed E-state index contributed by atoms with van der Waals surface area (Å²) >= 11 is 2.78. The largest absolute Gasteiger partial charge is 0.292 e. The molecule has 11 heavy (non-hydrogen) atoms. The second-order valence-electron chi connectivity index (χ2n) is 2.06. The Kier molecular flexibility index (Phi) is 1.71. The van der Waals surface area contributed by atoms with Crippen molar-refractivity contribution in [3.05, 3.63) is 27.3 Å².